The Balaban J connectivity index is 1.45. The molecule has 4 rings (SSSR count). The minimum absolute atomic E-state index is 0.235. The first-order valence-corrected chi connectivity index (χ1v) is 11.8. The van der Waals surface area contributed by atoms with Crippen LogP contribution in [0.25, 0.3) is 6.08 Å². The Labute approximate surface area is 208 Å². The van der Waals surface area contributed by atoms with Gasteiger partial charge in [-0.2, -0.15) is 0 Å². The lowest BCUT2D eigenvalue weighted by molar-refractivity contribution is -0.123. The van der Waals surface area contributed by atoms with E-state index in [0.717, 1.165) is 26.7 Å². The summed E-state index contributed by atoms with van der Waals surface area (Å²) in [7, 11) is 0. The first-order valence-electron chi connectivity index (χ1n) is 9.96. The Morgan fingerprint density at radius 1 is 1.03 bits per heavy atom. The van der Waals surface area contributed by atoms with E-state index in [2.05, 4.69) is 43.8 Å². The van der Waals surface area contributed by atoms with E-state index in [1.54, 1.807) is 6.08 Å². The molecule has 0 bridgehead atoms. The fourth-order valence-corrected chi connectivity index (χ4v) is 4.21. The minimum Gasteiger partial charge on any atom is -0.488 e. The number of ether oxygens (including phenoxy) is 1. The summed E-state index contributed by atoms with van der Waals surface area (Å²) in [6.45, 7) is 2.67. The van der Waals surface area contributed by atoms with Crippen molar-refractivity contribution in [3.05, 3.63) is 103 Å². The van der Waals surface area contributed by atoms with Crippen molar-refractivity contribution in [1.29, 1.82) is 0 Å². The van der Waals surface area contributed by atoms with Crippen LogP contribution >= 0.6 is 38.5 Å². The van der Waals surface area contributed by atoms with Gasteiger partial charge in [0.15, 0.2) is 0 Å². The quantitative estimate of drug-likeness (QED) is 0.213. The molecule has 32 heavy (non-hydrogen) atoms. The summed E-state index contributed by atoms with van der Waals surface area (Å²) in [5.74, 6) is 0.361. The number of carbonyl (C=O) groups is 2. The average Bonchev–Trinajstić information content (AvgIpc) is 3.02. The molecule has 3 amide bonds. The number of hydrogen-bond donors (Lipinski definition) is 1. The van der Waals surface area contributed by atoms with Gasteiger partial charge in [0, 0.05) is 3.57 Å². The molecule has 1 saturated heterocycles. The number of carbonyl (C=O) groups excluding carboxylic acids is 2. The van der Waals surface area contributed by atoms with Crippen molar-refractivity contribution in [2.45, 2.75) is 20.1 Å². The van der Waals surface area contributed by atoms with E-state index in [4.69, 9.17) is 4.74 Å². The smallest absolute Gasteiger partial charge is 0.329 e. The molecule has 3 aromatic carbocycles. The average molecular weight is 603 g/mol. The maximum Gasteiger partial charge on any atom is 0.329 e. The highest BCUT2D eigenvalue weighted by molar-refractivity contribution is 14.1. The highest BCUT2D eigenvalue weighted by atomic mass is 127. The van der Waals surface area contributed by atoms with Crippen molar-refractivity contribution in [1.82, 2.24) is 10.2 Å². The number of amides is 3. The zero-order chi connectivity index (χ0) is 22.7. The molecule has 1 fully saturated rings. The normalized spacial score (nSPS) is 14.7. The summed E-state index contributed by atoms with van der Waals surface area (Å²) < 4.78 is 7.85. The number of nitrogens with zero attached hydrogens (tertiary/aromatic N) is 1. The van der Waals surface area contributed by atoms with Crippen LogP contribution in [-0.4, -0.2) is 16.8 Å². The van der Waals surface area contributed by atoms with E-state index in [9.17, 15) is 9.59 Å². The molecule has 0 atom stereocenters. The number of hydrogen-bond acceptors (Lipinski definition) is 3. The summed E-state index contributed by atoms with van der Waals surface area (Å²) >= 11 is 5.80. The standard InChI is InChI=1S/C25H20BrIN2O3/c1-16-3-2-4-19(11-16)14-29-24(30)22(28-25(29)31)13-18-7-10-23(21(26)12-18)32-15-17-5-8-20(27)9-6-17/h2-13H,14-15H2,1H3,(H,28,31)/b22-13+. The lowest BCUT2D eigenvalue weighted by Crippen LogP contribution is -2.30. The van der Waals surface area contributed by atoms with Gasteiger partial charge in [-0.25, -0.2) is 4.79 Å². The molecule has 1 aliphatic heterocycles. The molecule has 0 unspecified atom stereocenters. The molecule has 1 heterocycles. The Kier molecular flexibility index (Phi) is 6.95. The number of nitrogens with one attached hydrogen (secondary N) is 1. The van der Waals surface area contributed by atoms with Crippen molar-refractivity contribution < 1.29 is 14.3 Å². The second-order valence-electron chi connectivity index (χ2n) is 7.47. The van der Waals surface area contributed by atoms with Crippen LogP contribution in [0, 0.1) is 10.5 Å². The summed E-state index contributed by atoms with van der Waals surface area (Å²) in [6.07, 6.45) is 1.67. The zero-order valence-corrected chi connectivity index (χ0v) is 21.0. The van der Waals surface area contributed by atoms with Gasteiger partial charge in [0.05, 0.1) is 11.0 Å². The third-order valence-electron chi connectivity index (χ3n) is 4.96. The van der Waals surface area contributed by atoms with Crippen LogP contribution in [0.15, 0.2) is 76.9 Å². The minimum atomic E-state index is -0.417. The van der Waals surface area contributed by atoms with Crippen LogP contribution in [0.3, 0.4) is 0 Å². The van der Waals surface area contributed by atoms with E-state index >= 15 is 0 Å². The molecule has 0 saturated carbocycles. The van der Waals surface area contributed by atoms with Gasteiger partial charge in [0.25, 0.3) is 5.91 Å². The van der Waals surface area contributed by atoms with Crippen molar-refractivity contribution in [3.63, 3.8) is 0 Å². The monoisotopic (exact) mass is 602 g/mol. The van der Waals surface area contributed by atoms with Crippen LogP contribution in [0.1, 0.15) is 22.3 Å². The molecule has 7 heteroatoms. The van der Waals surface area contributed by atoms with Gasteiger partial charge < -0.3 is 10.1 Å². The number of halogens is 2. The van der Waals surface area contributed by atoms with Gasteiger partial charge in [-0.1, -0.05) is 48.0 Å². The molecule has 0 aliphatic carbocycles. The van der Waals surface area contributed by atoms with Crippen LogP contribution in [0.2, 0.25) is 0 Å². The van der Waals surface area contributed by atoms with E-state index in [1.165, 1.54) is 8.47 Å². The van der Waals surface area contributed by atoms with Crippen molar-refractivity contribution in [3.8, 4) is 5.75 Å². The Morgan fingerprint density at radius 2 is 1.81 bits per heavy atom. The van der Waals surface area contributed by atoms with Crippen LogP contribution < -0.4 is 10.1 Å². The largest absolute Gasteiger partial charge is 0.488 e. The second kappa shape index (κ2) is 9.87. The van der Waals surface area contributed by atoms with Crippen molar-refractivity contribution in [2.24, 2.45) is 0 Å². The summed E-state index contributed by atoms with van der Waals surface area (Å²) in [5, 5.41) is 2.67. The molecule has 3 aromatic rings. The third kappa shape index (κ3) is 5.39. The van der Waals surface area contributed by atoms with Gasteiger partial charge in [-0.05, 0) is 92.5 Å². The molecular formula is C25H20BrIN2O3. The predicted molar refractivity (Wildman–Crippen MR) is 136 cm³/mol. The molecule has 0 aromatic heterocycles. The molecule has 0 radical (unpaired) electrons. The fourth-order valence-electron chi connectivity index (χ4n) is 3.34. The molecule has 0 spiro atoms. The predicted octanol–water partition coefficient (Wildman–Crippen LogP) is 6.03. The van der Waals surface area contributed by atoms with Gasteiger partial charge >= 0.3 is 6.03 Å². The number of imide groups is 1. The first-order chi connectivity index (χ1) is 15.4. The lowest BCUT2D eigenvalue weighted by atomic mass is 10.1. The van der Waals surface area contributed by atoms with Crippen LogP contribution in [-0.2, 0) is 17.9 Å². The fraction of sp³-hybridized carbons (Fsp3) is 0.120. The second-order valence-corrected chi connectivity index (χ2v) is 9.57. The zero-order valence-electron chi connectivity index (χ0n) is 17.3. The van der Waals surface area contributed by atoms with Crippen molar-refractivity contribution in [2.75, 3.05) is 0 Å². The Hall–Kier alpha value is -2.65. The van der Waals surface area contributed by atoms with Gasteiger partial charge in [-0.15, -0.1) is 0 Å². The van der Waals surface area contributed by atoms with Crippen LogP contribution in [0.4, 0.5) is 4.79 Å². The van der Waals surface area contributed by atoms with Gasteiger partial charge in [-0.3, -0.25) is 9.69 Å². The number of urea groups is 1. The number of benzene rings is 3. The molecule has 1 aliphatic rings. The summed E-state index contributed by atoms with van der Waals surface area (Å²) in [5.41, 5.74) is 4.10. The maximum absolute atomic E-state index is 12.8. The van der Waals surface area contributed by atoms with E-state index < -0.39 is 6.03 Å². The lowest BCUT2D eigenvalue weighted by Gasteiger charge is -2.12. The van der Waals surface area contributed by atoms with Gasteiger partial charge in [0.2, 0.25) is 0 Å². The number of aryl methyl sites for hydroxylation is 1. The molecular weight excluding hydrogens is 583 g/mol. The van der Waals surface area contributed by atoms with Gasteiger partial charge in [0.1, 0.15) is 18.1 Å². The molecule has 5 nitrogen and oxygen atoms in total. The van der Waals surface area contributed by atoms with Crippen LogP contribution in [0.5, 0.6) is 5.75 Å². The van der Waals surface area contributed by atoms with E-state index in [0.29, 0.717) is 12.4 Å². The number of rotatable bonds is 6. The molecule has 1 N–H and O–H groups in total. The van der Waals surface area contributed by atoms with Crippen molar-refractivity contribution >= 4 is 56.5 Å². The Bertz CT molecular complexity index is 1210. The summed E-state index contributed by atoms with van der Waals surface area (Å²) in [4.78, 5) is 26.4. The molecule has 162 valence electrons. The third-order valence-corrected chi connectivity index (χ3v) is 6.30. The SMILES string of the molecule is Cc1cccc(CN2C(=O)N/C(=C/c3ccc(OCc4ccc(I)cc4)c(Br)c3)C2=O)c1. The first kappa shape index (κ1) is 22.5. The van der Waals surface area contributed by atoms with E-state index in [-0.39, 0.29) is 18.1 Å². The highest BCUT2D eigenvalue weighted by Gasteiger charge is 2.33. The summed E-state index contributed by atoms with van der Waals surface area (Å²) in [6, 6.07) is 21.0. The Morgan fingerprint density at radius 3 is 2.53 bits per heavy atom. The maximum atomic E-state index is 12.8. The topological polar surface area (TPSA) is 58.6 Å². The highest BCUT2D eigenvalue weighted by Crippen LogP contribution is 2.28. The van der Waals surface area contributed by atoms with E-state index in [1.807, 2.05) is 73.7 Å².